The highest BCUT2D eigenvalue weighted by atomic mass is 19.2. The molecule has 0 bridgehead atoms. The second-order valence-corrected chi connectivity index (χ2v) is 4.92. The van der Waals surface area contributed by atoms with Gasteiger partial charge in [0, 0.05) is 24.7 Å². The van der Waals surface area contributed by atoms with Crippen LogP contribution in [0.3, 0.4) is 0 Å². The summed E-state index contributed by atoms with van der Waals surface area (Å²) in [5.74, 6) is -1.01. The van der Waals surface area contributed by atoms with Gasteiger partial charge >= 0.3 is 0 Å². The van der Waals surface area contributed by atoms with E-state index in [9.17, 15) is 13.6 Å². The molecule has 0 aliphatic carbocycles. The molecule has 0 saturated heterocycles. The summed E-state index contributed by atoms with van der Waals surface area (Å²) < 4.78 is 36.2. The minimum Gasteiger partial charge on any atom is -0.497 e. The number of benzene rings is 2. The van der Waals surface area contributed by atoms with Gasteiger partial charge in [0.05, 0.1) is 19.9 Å². The van der Waals surface area contributed by atoms with Crippen molar-refractivity contribution in [3.63, 3.8) is 0 Å². The average Bonchev–Trinajstić information content (AvgIpc) is 2.58. The quantitative estimate of drug-likeness (QED) is 0.813. The maximum absolute atomic E-state index is 13.1. The van der Waals surface area contributed by atoms with E-state index in [2.05, 4.69) is 10.6 Å². The van der Waals surface area contributed by atoms with Crippen molar-refractivity contribution in [1.82, 2.24) is 0 Å². The first-order chi connectivity index (χ1) is 11.5. The summed E-state index contributed by atoms with van der Waals surface area (Å²) >= 11 is 0. The van der Waals surface area contributed by atoms with Crippen LogP contribution >= 0.6 is 0 Å². The number of nitrogens with one attached hydrogen (secondary N) is 2. The minimum absolute atomic E-state index is 0.138. The molecule has 128 valence electrons. The van der Waals surface area contributed by atoms with Gasteiger partial charge in [-0.3, -0.25) is 4.79 Å². The standard InChI is InChI=1S/C17H18F2N2O3/c1-23-12-4-6-16(24-2)15(10-12)21-17(22)7-8-20-11-3-5-13(18)14(19)9-11/h3-6,9-10,20H,7-8H2,1-2H3,(H,21,22). The topological polar surface area (TPSA) is 59.6 Å². The lowest BCUT2D eigenvalue weighted by atomic mass is 10.2. The number of ether oxygens (including phenoxy) is 2. The summed E-state index contributed by atoms with van der Waals surface area (Å²) in [5.41, 5.74) is 0.898. The highest BCUT2D eigenvalue weighted by Gasteiger charge is 2.09. The van der Waals surface area contributed by atoms with Crippen LogP contribution in [0.5, 0.6) is 11.5 Å². The van der Waals surface area contributed by atoms with E-state index in [1.165, 1.54) is 20.3 Å². The predicted octanol–water partition coefficient (Wildman–Crippen LogP) is 3.42. The molecule has 0 aromatic heterocycles. The molecule has 1 amide bonds. The largest absolute Gasteiger partial charge is 0.497 e. The van der Waals surface area contributed by atoms with E-state index in [0.717, 1.165) is 12.1 Å². The van der Waals surface area contributed by atoms with Gasteiger partial charge in [0.1, 0.15) is 11.5 Å². The van der Waals surface area contributed by atoms with Crippen LogP contribution in [0.4, 0.5) is 20.2 Å². The van der Waals surface area contributed by atoms with Crippen LogP contribution < -0.4 is 20.1 Å². The fourth-order valence-electron chi connectivity index (χ4n) is 2.05. The Labute approximate surface area is 138 Å². The van der Waals surface area contributed by atoms with Crippen molar-refractivity contribution in [2.24, 2.45) is 0 Å². The third kappa shape index (κ3) is 4.58. The molecule has 0 fully saturated rings. The molecule has 0 spiro atoms. The van der Waals surface area contributed by atoms with Gasteiger partial charge < -0.3 is 20.1 Å². The minimum atomic E-state index is -0.939. The molecule has 0 aliphatic rings. The van der Waals surface area contributed by atoms with Crippen LogP contribution in [0.15, 0.2) is 36.4 Å². The third-order valence-electron chi connectivity index (χ3n) is 3.28. The zero-order valence-electron chi connectivity index (χ0n) is 13.4. The molecular formula is C17H18F2N2O3. The van der Waals surface area contributed by atoms with E-state index in [1.54, 1.807) is 18.2 Å². The van der Waals surface area contributed by atoms with E-state index < -0.39 is 11.6 Å². The van der Waals surface area contributed by atoms with Crippen molar-refractivity contribution in [2.75, 3.05) is 31.4 Å². The summed E-state index contributed by atoms with van der Waals surface area (Å²) in [5, 5.41) is 5.58. The number of rotatable bonds is 7. The lowest BCUT2D eigenvalue weighted by Gasteiger charge is -2.12. The van der Waals surface area contributed by atoms with Gasteiger partial charge in [-0.1, -0.05) is 0 Å². The Hall–Kier alpha value is -2.83. The number of carbonyl (C=O) groups is 1. The Bertz CT molecular complexity index is 723. The predicted molar refractivity (Wildman–Crippen MR) is 87.6 cm³/mol. The normalized spacial score (nSPS) is 10.2. The fourth-order valence-corrected chi connectivity index (χ4v) is 2.05. The highest BCUT2D eigenvalue weighted by Crippen LogP contribution is 2.28. The molecule has 0 aliphatic heterocycles. The van der Waals surface area contributed by atoms with E-state index >= 15 is 0 Å². The number of amides is 1. The van der Waals surface area contributed by atoms with Crippen molar-refractivity contribution < 1.29 is 23.0 Å². The van der Waals surface area contributed by atoms with E-state index in [4.69, 9.17) is 9.47 Å². The van der Waals surface area contributed by atoms with Crippen molar-refractivity contribution in [3.8, 4) is 11.5 Å². The monoisotopic (exact) mass is 336 g/mol. The van der Waals surface area contributed by atoms with Gasteiger partial charge in [0.2, 0.25) is 5.91 Å². The van der Waals surface area contributed by atoms with Crippen LogP contribution in [0.2, 0.25) is 0 Å². The van der Waals surface area contributed by atoms with Gasteiger partial charge in [0.25, 0.3) is 0 Å². The van der Waals surface area contributed by atoms with E-state index in [-0.39, 0.29) is 18.9 Å². The van der Waals surface area contributed by atoms with Crippen LogP contribution in [0.1, 0.15) is 6.42 Å². The van der Waals surface area contributed by atoms with E-state index in [1.807, 2.05) is 0 Å². The first-order valence-corrected chi connectivity index (χ1v) is 7.24. The first kappa shape index (κ1) is 17.5. The molecular weight excluding hydrogens is 318 g/mol. The summed E-state index contributed by atoms with van der Waals surface area (Å²) in [7, 11) is 3.03. The molecule has 24 heavy (non-hydrogen) atoms. The number of anilines is 2. The molecule has 0 heterocycles. The summed E-state index contributed by atoms with van der Waals surface area (Å²) in [6.07, 6.45) is 0.138. The molecule has 0 atom stereocenters. The fraction of sp³-hybridized carbons (Fsp3) is 0.235. The van der Waals surface area contributed by atoms with Crippen molar-refractivity contribution in [1.29, 1.82) is 0 Å². The molecule has 2 N–H and O–H groups in total. The van der Waals surface area contributed by atoms with Crippen LogP contribution in [0, 0.1) is 11.6 Å². The second kappa shape index (κ2) is 8.14. The number of halogens is 2. The second-order valence-electron chi connectivity index (χ2n) is 4.92. The Kier molecular flexibility index (Phi) is 5.95. The van der Waals surface area contributed by atoms with Crippen molar-refractivity contribution in [3.05, 3.63) is 48.0 Å². The van der Waals surface area contributed by atoms with Crippen LogP contribution in [-0.2, 0) is 4.79 Å². The Morgan fingerprint density at radius 3 is 2.50 bits per heavy atom. The number of carbonyl (C=O) groups excluding carboxylic acids is 1. The maximum atomic E-state index is 13.1. The molecule has 0 saturated carbocycles. The molecule has 7 heteroatoms. The highest BCUT2D eigenvalue weighted by molar-refractivity contribution is 5.92. The lowest BCUT2D eigenvalue weighted by Crippen LogP contribution is -2.16. The van der Waals surface area contributed by atoms with Crippen molar-refractivity contribution in [2.45, 2.75) is 6.42 Å². The zero-order chi connectivity index (χ0) is 17.5. The average molecular weight is 336 g/mol. The SMILES string of the molecule is COc1ccc(OC)c(NC(=O)CCNc2ccc(F)c(F)c2)c1. The Morgan fingerprint density at radius 2 is 1.83 bits per heavy atom. The molecule has 0 radical (unpaired) electrons. The summed E-state index contributed by atoms with van der Waals surface area (Å²) in [4.78, 5) is 12.0. The lowest BCUT2D eigenvalue weighted by molar-refractivity contribution is -0.116. The summed E-state index contributed by atoms with van der Waals surface area (Å²) in [6.45, 7) is 0.267. The van der Waals surface area contributed by atoms with Gasteiger partial charge in [-0.15, -0.1) is 0 Å². The summed E-state index contributed by atoms with van der Waals surface area (Å²) in [6, 6.07) is 8.53. The van der Waals surface area contributed by atoms with Gasteiger partial charge in [-0.2, -0.15) is 0 Å². The number of methoxy groups -OCH3 is 2. The molecule has 2 aromatic rings. The first-order valence-electron chi connectivity index (χ1n) is 7.24. The van der Waals surface area contributed by atoms with Crippen LogP contribution in [0.25, 0.3) is 0 Å². The molecule has 5 nitrogen and oxygen atoms in total. The zero-order valence-corrected chi connectivity index (χ0v) is 13.4. The Morgan fingerprint density at radius 1 is 1.04 bits per heavy atom. The van der Waals surface area contributed by atoms with E-state index in [0.29, 0.717) is 22.9 Å². The number of hydrogen-bond acceptors (Lipinski definition) is 4. The van der Waals surface area contributed by atoms with Gasteiger partial charge in [-0.25, -0.2) is 8.78 Å². The molecule has 0 unspecified atom stereocenters. The van der Waals surface area contributed by atoms with Crippen LogP contribution in [-0.4, -0.2) is 26.7 Å². The molecule has 2 rings (SSSR count). The third-order valence-corrected chi connectivity index (χ3v) is 3.28. The van der Waals surface area contributed by atoms with Gasteiger partial charge in [-0.05, 0) is 30.3 Å². The Balaban J connectivity index is 1.90. The number of hydrogen-bond donors (Lipinski definition) is 2. The van der Waals surface area contributed by atoms with Crippen molar-refractivity contribution >= 4 is 17.3 Å². The smallest absolute Gasteiger partial charge is 0.226 e. The molecule has 2 aromatic carbocycles. The maximum Gasteiger partial charge on any atom is 0.226 e. The van der Waals surface area contributed by atoms with Gasteiger partial charge in [0.15, 0.2) is 11.6 Å².